The number of nitriles is 4. The number of rotatable bonds is 3. The number of carbonyl (C=O) groups excluding carboxylic acids is 4. The van der Waals surface area contributed by atoms with Crippen LogP contribution in [0.2, 0.25) is 0 Å². The van der Waals surface area contributed by atoms with Gasteiger partial charge in [-0.3, -0.25) is 19.2 Å². The summed E-state index contributed by atoms with van der Waals surface area (Å²) in [6.07, 6.45) is 15.5. The highest BCUT2D eigenvalue weighted by Crippen LogP contribution is 2.69. The molecular weight excluding hydrogens is 861 g/mol. The van der Waals surface area contributed by atoms with E-state index in [1.807, 2.05) is 47.0 Å². The van der Waals surface area contributed by atoms with Gasteiger partial charge >= 0.3 is 0 Å². The number of hydrogen-bond acceptors (Lipinski definition) is 12. The van der Waals surface area contributed by atoms with E-state index in [1.165, 1.54) is 89.1 Å². The molecule has 8 nitrogen and oxygen atoms in total. The highest BCUT2D eigenvalue weighted by Gasteiger charge is 2.53. The summed E-state index contributed by atoms with van der Waals surface area (Å²) in [7, 11) is 0. The number of fused-ring (bicyclic) bond motifs is 14. The molecule has 5 aromatic rings. The maximum atomic E-state index is 13.7. The van der Waals surface area contributed by atoms with Gasteiger partial charge in [0.1, 0.15) is 18.2 Å². The summed E-state index contributed by atoms with van der Waals surface area (Å²) in [5, 5.41) is 38.2. The van der Waals surface area contributed by atoms with E-state index < -0.39 is 23.1 Å². The molecule has 0 amide bonds. The van der Waals surface area contributed by atoms with E-state index >= 15 is 0 Å². The Morgan fingerprint density at radius 2 is 1.05 bits per heavy atom. The van der Waals surface area contributed by atoms with Gasteiger partial charge in [-0.15, -0.1) is 45.3 Å². The first-order valence-corrected chi connectivity index (χ1v) is 24.2. The lowest BCUT2D eigenvalue weighted by Crippen LogP contribution is -2.28. The maximum absolute atomic E-state index is 13.7. The van der Waals surface area contributed by atoms with E-state index in [-0.39, 0.29) is 66.5 Å². The number of carbonyl (C=O) groups is 4. The molecule has 4 heterocycles. The third kappa shape index (κ3) is 5.30. The molecule has 2 spiro atoms. The van der Waals surface area contributed by atoms with Crippen molar-refractivity contribution in [3.63, 3.8) is 0 Å². The normalized spacial score (nSPS) is 20.5. The zero-order valence-electron chi connectivity index (χ0n) is 33.9. The molecule has 3 fully saturated rings. The van der Waals surface area contributed by atoms with Crippen molar-refractivity contribution in [3.8, 4) is 43.8 Å². The monoisotopic (exact) mass is 892 g/mol. The summed E-state index contributed by atoms with van der Waals surface area (Å²) in [6.45, 7) is 5.39. The van der Waals surface area contributed by atoms with Crippen LogP contribution in [0.3, 0.4) is 0 Å². The first-order valence-electron chi connectivity index (χ1n) is 20.9. The highest BCUT2D eigenvalue weighted by molar-refractivity contribution is 7.34. The van der Waals surface area contributed by atoms with E-state index in [2.05, 4.69) is 18.7 Å². The molecule has 0 N–H and O–H groups in total. The van der Waals surface area contributed by atoms with Crippen LogP contribution in [-0.2, 0) is 20.4 Å². The smallest absolute Gasteiger partial charge is 0.197 e. The van der Waals surface area contributed by atoms with Crippen molar-refractivity contribution in [2.45, 2.75) is 82.0 Å². The molecule has 6 aliphatic carbocycles. The zero-order valence-corrected chi connectivity index (χ0v) is 37.1. The number of Topliss-reactive ketones (excluding diaryl/α,β-unsaturated/α-hetero) is 4. The Morgan fingerprint density at radius 1 is 0.587 bits per heavy atom. The SMILES string of the molecule is C=C1C(=O)/C(=C/c2cc3c(s2)-c2sc4c5c(sc4c2C32CCCCC2)-c2sc(C=C3C(=O)c4cc(C#N)c(C#N)cc4C3=O)cc2C52CCCCC2)C(=O)/C1=C/C(C#N)=C(\C)C#N. The minimum absolute atomic E-state index is 0.0221. The second-order valence-corrected chi connectivity index (χ2v) is 21.4. The van der Waals surface area contributed by atoms with Gasteiger partial charge in [-0.2, -0.15) is 21.0 Å². The molecule has 304 valence electrons. The minimum Gasteiger partial charge on any atom is -0.288 e. The van der Waals surface area contributed by atoms with Gasteiger partial charge < -0.3 is 0 Å². The fourth-order valence-electron chi connectivity index (χ4n) is 11.1. The van der Waals surface area contributed by atoms with Gasteiger partial charge in [-0.05, 0) is 86.2 Å². The zero-order chi connectivity index (χ0) is 43.7. The highest BCUT2D eigenvalue weighted by atomic mass is 32.1. The summed E-state index contributed by atoms with van der Waals surface area (Å²) in [5.41, 5.74) is 5.89. The average molecular weight is 893 g/mol. The topological polar surface area (TPSA) is 163 Å². The number of nitrogens with zero attached hydrogens (tertiary/aromatic N) is 4. The largest absolute Gasteiger partial charge is 0.288 e. The number of hydrogen-bond donors (Lipinski definition) is 0. The van der Waals surface area contributed by atoms with Gasteiger partial charge in [0, 0.05) is 69.3 Å². The second kappa shape index (κ2) is 14.1. The van der Waals surface area contributed by atoms with Crippen molar-refractivity contribution in [3.05, 3.63) is 125 Å². The quantitative estimate of drug-likeness (QED) is 0.0981. The van der Waals surface area contributed by atoms with Gasteiger partial charge in [0.15, 0.2) is 23.1 Å². The Labute approximate surface area is 378 Å². The van der Waals surface area contributed by atoms with Gasteiger partial charge in [0.2, 0.25) is 0 Å². The summed E-state index contributed by atoms with van der Waals surface area (Å²) < 4.78 is 2.71. The molecule has 6 aliphatic rings. The standard InChI is InChI=1S/C51H32N4O4S4/c1-24(20-52)26(21-53)13-31-25(2)40(56)34(41(31)57)16-29-18-36-44(60-29)46-38(50(36)9-5-3-6-10-50)48-49(62-46)39-47(63-48)45-37(51(39)11-7-4-8-12-51)19-30(61-45)17-35-42(58)32-14-27(22-54)28(23-55)15-33(32)43(35)59/h13-19H,2-12H2,1H3/b26-24-,31-13+,34-16-. The molecule has 1 aromatic carbocycles. The van der Waals surface area contributed by atoms with Crippen molar-refractivity contribution >= 4 is 90.0 Å². The van der Waals surface area contributed by atoms with Crippen LogP contribution in [0.25, 0.3) is 41.1 Å². The molecule has 0 unspecified atom stereocenters. The van der Waals surface area contributed by atoms with Crippen molar-refractivity contribution < 1.29 is 19.2 Å². The Bertz CT molecular complexity index is 3350. The predicted molar refractivity (Wildman–Crippen MR) is 246 cm³/mol. The summed E-state index contributed by atoms with van der Waals surface area (Å²) in [5.74, 6) is -1.79. The molecule has 3 saturated carbocycles. The van der Waals surface area contributed by atoms with E-state index in [1.54, 1.807) is 34.8 Å². The van der Waals surface area contributed by atoms with Crippen molar-refractivity contribution in [2.24, 2.45) is 0 Å². The van der Waals surface area contributed by atoms with Crippen LogP contribution in [0.4, 0.5) is 0 Å². The number of benzene rings is 1. The molecule has 0 bridgehead atoms. The summed E-state index contributed by atoms with van der Waals surface area (Å²) in [6, 6.07) is 15.0. The molecular formula is C51H32N4O4S4. The van der Waals surface area contributed by atoms with Crippen LogP contribution < -0.4 is 0 Å². The van der Waals surface area contributed by atoms with E-state index in [9.17, 15) is 40.2 Å². The molecule has 4 aromatic heterocycles. The molecule has 12 heteroatoms. The van der Waals surface area contributed by atoms with Gasteiger partial charge in [-0.25, -0.2) is 0 Å². The summed E-state index contributed by atoms with van der Waals surface area (Å²) >= 11 is 7.05. The van der Waals surface area contributed by atoms with E-state index in [4.69, 9.17) is 0 Å². The van der Waals surface area contributed by atoms with E-state index in [0.717, 1.165) is 61.1 Å². The second-order valence-electron chi connectivity index (χ2n) is 17.2. The first kappa shape index (κ1) is 39.5. The van der Waals surface area contributed by atoms with Gasteiger partial charge in [0.05, 0.1) is 53.1 Å². The van der Waals surface area contributed by atoms with Gasteiger partial charge in [-0.1, -0.05) is 45.1 Å². The van der Waals surface area contributed by atoms with Crippen molar-refractivity contribution in [1.29, 1.82) is 21.0 Å². The molecule has 0 atom stereocenters. The lowest BCUT2D eigenvalue weighted by Gasteiger charge is -2.35. The Morgan fingerprint density at radius 3 is 1.48 bits per heavy atom. The number of thiophene rings is 4. The van der Waals surface area contributed by atoms with Crippen molar-refractivity contribution in [2.75, 3.05) is 0 Å². The Balaban J connectivity index is 1.02. The third-order valence-corrected chi connectivity index (χ3v) is 19.1. The lowest BCUT2D eigenvalue weighted by molar-refractivity contribution is -0.115. The molecule has 0 aliphatic heterocycles. The van der Waals surface area contributed by atoms with Crippen LogP contribution in [0.5, 0.6) is 0 Å². The molecule has 63 heavy (non-hydrogen) atoms. The average Bonchev–Trinajstić information content (AvgIpc) is 4.18. The number of allylic oxidation sites excluding steroid dienone is 7. The van der Waals surface area contributed by atoms with Crippen molar-refractivity contribution in [1.82, 2.24) is 0 Å². The lowest BCUT2D eigenvalue weighted by atomic mass is 9.67. The first-order chi connectivity index (χ1) is 30.5. The van der Waals surface area contributed by atoms with Crippen LogP contribution in [0, 0.1) is 45.3 Å². The Hall–Kier alpha value is -6.38. The van der Waals surface area contributed by atoms with Crippen LogP contribution in [-0.4, -0.2) is 23.1 Å². The Kier molecular flexibility index (Phi) is 8.81. The fourth-order valence-corrected chi connectivity index (χ4v) is 17.1. The number of ketones is 4. The van der Waals surface area contributed by atoms with Crippen LogP contribution in [0.1, 0.15) is 135 Å². The fraction of sp³-hybridized carbons (Fsp3) is 0.255. The van der Waals surface area contributed by atoms with E-state index in [0.29, 0.717) is 0 Å². The predicted octanol–water partition coefficient (Wildman–Crippen LogP) is 12.1. The third-order valence-electron chi connectivity index (χ3n) is 14.1. The summed E-state index contributed by atoms with van der Waals surface area (Å²) in [4.78, 5) is 61.2. The molecule has 0 radical (unpaired) electrons. The minimum atomic E-state index is -0.489. The maximum Gasteiger partial charge on any atom is 0.197 e. The van der Waals surface area contributed by atoms with Crippen LogP contribution in [0.15, 0.2) is 70.4 Å². The molecule has 0 saturated heterocycles. The van der Waals surface area contributed by atoms with Gasteiger partial charge in [0.25, 0.3) is 0 Å². The van der Waals surface area contributed by atoms with Crippen LogP contribution >= 0.6 is 45.3 Å². The molecule has 11 rings (SSSR count).